The van der Waals surface area contributed by atoms with E-state index in [1.165, 1.54) is 5.56 Å². The quantitative estimate of drug-likeness (QED) is 0.832. The first-order chi connectivity index (χ1) is 7.83. The highest BCUT2D eigenvalue weighted by Gasteiger charge is 2.20. The summed E-state index contributed by atoms with van der Waals surface area (Å²) in [5.74, 6) is 0.666. The zero-order chi connectivity index (χ0) is 13.1. The molecule has 1 aromatic carbocycles. The molecule has 1 aromatic rings. The lowest BCUT2D eigenvalue weighted by atomic mass is 9.84. The van der Waals surface area contributed by atoms with Crippen molar-refractivity contribution in [1.29, 1.82) is 0 Å². The van der Waals surface area contributed by atoms with Crippen LogP contribution in [0.25, 0.3) is 0 Å². The first-order valence-electron chi connectivity index (χ1n) is 5.99. The normalized spacial score (nSPS) is 12.2. The van der Waals surface area contributed by atoms with Crippen LogP contribution in [0.15, 0.2) is 18.2 Å². The summed E-state index contributed by atoms with van der Waals surface area (Å²) < 4.78 is 0. The molecular weight excluding hydrogens is 253 g/mol. The third-order valence-electron chi connectivity index (χ3n) is 2.82. The zero-order valence-corrected chi connectivity index (χ0v) is 12.5. The summed E-state index contributed by atoms with van der Waals surface area (Å²) in [6.45, 7) is 10.8. The van der Waals surface area contributed by atoms with Crippen molar-refractivity contribution in [3.8, 4) is 0 Å². The van der Waals surface area contributed by atoms with Gasteiger partial charge in [0, 0.05) is 12.0 Å². The van der Waals surface area contributed by atoms with E-state index in [1.807, 2.05) is 18.2 Å². The summed E-state index contributed by atoms with van der Waals surface area (Å²) >= 11 is 12.0. The van der Waals surface area contributed by atoms with Crippen molar-refractivity contribution in [2.24, 2.45) is 5.92 Å². The number of halogens is 2. The maximum absolute atomic E-state index is 6.05. The van der Waals surface area contributed by atoms with E-state index in [-0.39, 0.29) is 5.41 Å². The van der Waals surface area contributed by atoms with E-state index in [4.69, 9.17) is 23.2 Å². The van der Waals surface area contributed by atoms with E-state index >= 15 is 0 Å². The largest absolute Gasteiger partial charge is 0.316 e. The lowest BCUT2D eigenvalue weighted by Crippen LogP contribution is -2.34. The van der Waals surface area contributed by atoms with Gasteiger partial charge in [0.05, 0.1) is 10.0 Å². The number of rotatable bonds is 5. The fourth-order valence-electron chi connectivity index (χ4n) is 1.69. The molecule has 96 valence electrons. The van der Waals surface area contributed by atoms with Gasteiger partial charge in [-0.3, -0.25) is 0 Å². The van der Waals surface area contributed by atoms with Gasteiger partial charge in [-0.2, -0.15) is 0 Å². The van der Waals surface area contributed by atoms with Crippen LogP contribution in [0.2, 0.25) is 10.0 Å². The molecule has 0 radical (unpaired) electrons. The van der Waals surface area contributed by atoms with Crippen LogP contribution in [0, 0.1) is 5.92 Å². The lowest BCUT2D eigenvalue weighted by Gasteiger charge is -2.26. The van der Waals surface area contributed by atoms with Crippen LogP contribution >= 0.6 is 23.2 Å². The molecule has 17 heavy (non-hydrogen) atoms. The Morgan fingerprint density at radius 1 is 1.18 bits per heavy atom. The molecule has 0 spiro atoms. The smallest absolute Gasteiger partial charge is 0.0595 e. The highest BCUT2D eigenvalue weighted by Crippen LogP contribution is 2.29. The van der Waals surface area contributed by atoms with Gasteiger partial charge in [-0.1, -0.05) is 57.0 Å². The highest BCUT2D eigenvalue weighted by atomic mass is 35.5. The molecule has 0 saturated heterocycles. The summed E-state index contributed by atoms with van der Waals surface area (Å²) in [7, 11) is 0. The monoisotopic (exact) mass is 273 g/mol. The zero-order valence-electron chi connectivity index (χ0n) is 11.0. The van der Waals surface area contributed by atoms with Crippen molar-refractivity contribution in [3.63, 3.8) is 0 Å². The second-order valence-electron chi connectivity index (χ2n) is 5.54. The van der Waals surface area contributed by atoms with E-state index in [2.05, 4.69) is 33.0 Å². The highest BCUT2D eigenvalue weighted by molar-refractivity contribution is 6.42. The van der Waals surface area contributed by atoms with Crippen molar-refractivity contribution in [2.45, 2.75) is 33.1 Å². The Bertz CT molecular complexity index is 372. The molecule has 1 N–H and O–H groups in total. The Morgan fingerprint density at radius 3 is 2.35 bits per heavy atom. The molecule has 0 heterocycles. The standard InChI is InChI=1S/C14H21Cl2N/c1-10(2)8-17-9-14(3,4)11-5-6-12(15)13(16)7-11/h5-7,10,17H,8-9H2,1-4H3. The van der Waals surface area contributed by atoms with Gasteiger partial charge in [-0.25, -0.2) is 0 Å². The van der Waals surface area contributed by atoms with Gasteiger partial charge in [0.15, 0.2) is 0 Å². The Kier molecular flexibility index (Phi) is 5.30. The van der Waals surface area contributed by atoms with E-state index in [1.54, 1.807) is 0 Å². The molecule has 1 nitrogen and oxygen atoms in total. The SMILES string of the molecule is CC(C)CNCC(C)(C)c1ccc(Cl)c(Cl)c1. The van der Waals surface area contributed by atoms with E-state index < -0.39 is 0 Å². The Hall–Kier alpha value is -0.240. The van der Waals surface area contributed by atoms with Crippen LogP contribution in [-0.4, -0.2) is 13.1 Å². The van der Waals surface area contributed by atoms with Crippen LogP contribution < -0.4 is 5.32 Å². The van der Waals surface area contributed by atoms with E-state index in [0.717, 1.165) is 13.1 Å². The third-order valence-corrected chi connectivity index (χ3v) is 3.56. The summed E-state index contributed by atoms with van der Waals surface area (Å²) in [5.41, 5.74) is 1.27. The summed E-state index contributed by atoms with van der Waals surface area (Å²) in [5, 5.41) is 4.72. The van der Waals surface area contributed by atoms with E-state index in [9.17, 15) is 0 Å². The van der Waals surface area contributed by atoms with Crippen LogP contribution in [0.1, 0.15) is 33.3 Å². The minimum absolute atomic E-state index is 0.0586. The number of benzene rings is 1. The fraction of sp³-hybridized carbons (Fsp3) is 0.571. The Morgan fingerprint density at radius 2 is 1.82 bits per heavy atom. The second-order valence-corrected chi connectivity index (χ2v) is 6.35. The number of nitrogens with one attached hydrogen (secondary N) is 1. The maximum Gasteiger partial charge on any atom is 0.0595 e. The average molecular weight is 274 g/mol. The van der Waals surface area contributed by atoms with Crippen LogP contribution in [0.4, 0.5) is 0 Å². The van der Waals surface area contributed by atoms with Gasteiger partial charge in [0.1, 0.15) is 0 Å². The van der Waals surface area contributed by atoms with Gasteiger partial charge in [0.25, 0.3) is 0 Å². The van der Waals surface area contributed by atoms with Crippen LogP contribution in [-0.2, 0) is 5.41 Å². The van der Waals surface area contributed by atoms with Gasteiger partial charge in [0.2, 0.25) is 0 Å². The van der Waals surface area contributed by atoms with Crippen molar-refractivity contribution in [3.05, 3.63) is 33.8 Å². The molecule has 0 bridgehead atoms. The molecule has 0 amide bonds. The fourth-order valence-corrected chi connectivity index (χ4v) is 1.99. The van der Waals surface area contributed by atoms with Gasteiger partial charge < -0.3 is 5.32 Å². The van der Waals surface area contributed by atoms with Gasteiger partial charge >= 0.3 is 0 Å². The molecule has 0 aliphatic rings. The van der Waals surface area contributed by atoms with Gasteiger partial charge in [-0.15, -0.1) is 0 Å². The van der Waals surface area contributed by atoms with Crippen molar-refractivity contribution in [1.82, 2.24) is 5.32 Å². The molecule has 0 atom stereocenters. The number of hydrogen-bond donors (Lipinski definition) is 1. The molecule has 0 unspecified atom stereocenters. The summed E-state index contributed by atoms with van der Waals surface area (Å²) in [4.78, 5) is 0. The average Bonchev–Trinajstić information content (AvgIpc) is 2.21. The molecular formula is C14H21Cl2N. The predicted octanol–water partition coefficient (Wildman–Crippen LogP) is 4.52. The first kappa shape index (κ1) is 14.8. The molecule has 0 fully saturated rings. The van der Waals surface area contributed by atoms with Gasteiger partial charge in [-0.05, 0) is 30.2 Å². The first-order valence-corrected chi connectivity index (χ1v) is 6.75. The predicted molar refractivity (Wildman–Crippen MR) is 77.2 cm³/mol. The van der Waals surface area contributed by atoms with Crippen molar-refractivity contribution in [2.75, 3.05) is 13.1 Å². The Labute approximate surface area is 115 Å². The topological polar surface area (TPSA) is 12.0 Å². The van der Waals surface area contributed by atoms with Crippen LogP contribution in [0.5, 0.6) is 0 Å². The minimum Gasteiger partial charge on any atom is -0.316 e. The molecule has 1 rings (SSSR count). The molecule has 0 aromatic heterocycles. The summed E-state index contributed by atoms with van der Waals surface area (Å²) in [6, 6.07) is 5.87. The lowest BCUT2D eigenvalue weighted by molar-refractivity contribution is 0.443. The summed E-state index contributed by atoms with van der Waals surface area (Å²) in [6.07, 6.45) is 0. The molecule has 3 heteroatoms. The molecule has 0 aliphatic carbocycles. The van der Waals surface area contributed by atoms with Crippen molar-refractivity contribution < 1.29 is 0 Å². The maximum atomic E-state index is 6.05. The second kappa shape index (κ2) is 6.08. The molecule has 0 saturated carbocycles. The van der Waals surface area contributed by atoms with Crippen LogP contribution in [0.3, 0.4) is 0 Å². The minimum atomic E-state index is 0.0586. The van der Waals surface area contributed by atoms with E-state index in [0.29, 0.717) is 16.0 Å². The Balaban J connectivity index is 2.71. The number of hydrogen-bond acceptors (Lipinski definition) is 1. The molecule has 0 aliphatic heterocycles. The van der Waals surface area contributed by atoms with Crippen molar-refractivity contribution >= 4 is 23.2 Å². The third kappa shape index (κ3) is 4.50.